The largest absolute Gasteiger partial charge is 0.497 e. The summed E-state index contributed by atoms with van der Waals surface area (Å²) in [5.74, 6) is 8.19. The predicted octanol–water partition coefficient (Wildman–Crippen LogP) is 8.38. The molecule has 2 atom stereocenters. The van der Waals surface area contributed by atoms with Crippen molar-refractivity contribution in [3.05, 3.63) is 59.2 Å². The number of fused-ring (bicyclic) bond motifs is 1. The molecule has 3 rings (SSSR count). The second kappa shape index (κ2) is 13.9. The number of benzene rings is 2. The molecule has 0 bridgehead atoms. The molecule has 5 heteroatoms. The average molecular weight is 551 g/mol. The fourth-order valence-corrected chi connectivity index (χ4v) is 6.24. The van der Waals surface area contributed by atoms with E-state index in [-0.39, 0.29) is 11.0 Å². The number of hydrogen-bond donors (Lipinski definition) is 1. The van der Waals surface area contributed by atoms with Gasteiger partial charge in [-0.15, -0.1) is 0 Å². The molecule has 1 N–H and O–H groups in total. The molecule has 0 aliphatic heterocycles. The van der Waals surface area contributed by atoms with Crippen molar-refractivity contribution in [2.75, 3.05) is 20.8 Å². The van der Waals surface area contributed by atoms with Gasteiger partial charge in [0.25, 0.3) is 0 Å². The van der Waals surface area contributed by atoms with Gasteiger partial charge >= 0.3 is 0 Å². The smallest absolute Gasteiger partial charge is 0.191 e. The Morgan fingerprint density at radius 2 is 1.59 bits per heavy atom. The van der Waals surface area contributed by atoms with E-state index in [0.29, 0.717) is 0 Å². The van der Waals surface area contributed by atoms with Gasteiger partial charge in [0.1, 0.15) is 11.5 Å². The third-order valence-corrected chi connectivity index (χ3v) is 13.2. The normalized spacial score (nSPS) is 19.1. The number of aryl methyl sites for hydroxylation is 1. The van der Waals surface area contributed by atoms with E-state index in [0.717, 1.165) is 66.9 Å². The van der Waals surface area contributed by atoms with Gasteiger partial charge < -0.3 is 19.0 Å². The molecular formula is C34H50O4Si. The molecule has 0 saturated heterocycles. The highest BCUT2D eigenvalue weighted by Gasteiger charge is 2.43. The first kappa shape index (κ1) is 31.3. The molecule has 2 aromatic rings. The van der Waals surface area contributed by atoms with Crippen molar-refractivity contribution in [3.63, 3.8) is 0 Å². The van der Waals surface area contributed by atoms with Crippen molar-refractivity contribution >= 4 is 8.32 Å². The first-order valence-corrected chi connectivity index (χ1v) is 17.6. The third kappa shape index (κ3) is 8.13. The Morgan fingerprint density at radius 3 is 2.28 bits per heavy atom. The molecule has 1 aliphatic rings. The van der Waals surface area contributed by atoms with Crippen LogP contribution in [-0.2, 0) is 16.4 Å². The zero-order valence-electron chi connectivity index (χ0n) is 25.4. The second-order valence-electron chi connectivity index (χ2n) is 12.4. The Kier molecular flexibility index (Phi) is 11.1. The average Bonchev–Trinajstić information content (AvgIpc) is 2.91. The number of unbranched alkanes of at least 4 members (excludes halogenated alkanes) is 6. The van der Waals surface area contributed by atoms with E-state index in [4.69, 9.17) is 13.9 Å². The maximum atomic E-state index is 12.1. The summed E-state index contributed by atoms with van der Waals surface area (Å²) in [4.78, 5) is 0. The summed E-state index contributed by atoms with van der Waals surface area (Å²) in [6.07, 6.45) is 9.56. The van der Waals surface area contributed by atoms with E-state index < -0.39 is 13.9 Å². The summed E-state index contributed by atoms with van der Waals surface area (Å²) in [6, 6.07) is 14.0. The quantitative estimate of drug-likeness (QED) is 0.164. The maximum Gasteiger partial charge on any atom is 0.191 e. The van der Waals surface area contributed by atoms with E-state index in [2.05, 4.69) is 51.8 Å². The number of hydrogen-bond acceptors (Lipinski definition) is 4. The molecule has 0 radical (unpaired) electrons. The van der Waals surface area contributed by atoms with Crippen molar-refractivity contribution in [2.24, 2.45) is 0 Å². The molecule has 2 unspecified atom stereocenters. The lowest BCUT2D eigenvalue weighted by molar-refractivity contribution is 0.0565. The minimum absolute atomic E-state index is 0.116. The molecule has 4 nitrogen and oxygen atoms in total. The van der Waals surface area contributed by atoms with Crippen molar-refractivity contribution in [1.82, 2.24) is 0 Å². The lowest BCUT2D eigenvalue weighted by Crippen LogP contribution is -2.40. The summed E-state index contributed by atoms with van der Waals surface area (Å²) in [6.45, 7) is 12.4. The van der Waals surface area contributed by atoms with Gasteiger partial charge in [0.2, 0.25) is 0 Å². The summed E-state index contributed by atoms with van der Waals surface area (Å²) in [7, 11) is 1.73. The van der Waals surface area contributed by atoms with Crippen molar-refractivity contribution in [2.45, 2.75) is 108 Å². The fraction of sp³-hybridized carbons (Fsp3) is 0.588. The summed E-state index contributed by atoms with van der Waals surface area (Å²) in [5.41, 5.74) is 1.83. The lowest BCUT2D eigenvalue weighted by Gasteiger charge is -2.38. The Hall–Kier alpha value is -2.26. The molecule has 0 amide bonds. The molecule has 0 saturated carbocycles. The van der Waals surface area contributed by atoms with Gasteiger partial charge in [0.05, 0.1) is 14.2 Å². The second-order valence-corrected chi connectivity index (χ2v) is 17.2. The molecule has 39 heavy (non-hydrogen) atoms. The minimum Gasteiger partial charge on any atom is -0.497 e. The zero-order chi connectivity index (χ0) is 28.5. The van der Waals surface area contributed by atoms with Crippen molar-refractivity contribution in [3.8, 4) is 23.3 Å². The van der Waals surface area contributed by atoms with Crippen LogP contribution in [0.4, 0.5) is 0 Å². The van der Waals surface area contributed by atoms with E-state index in [9.17, 15) is 5.11 Å². The van der Waals surface area contributed by atoms with Crippen LogP contribution < -0.4 is 9.47 Å². The molecule has 0 spiro atoms. The first-order valence-electron chi connectivity index (χ1n) is 14.7. The number of aliphatic hydroxyl groups is 1. The Labute approximate surface area is 238 Å². The zero-order valence-corrected chi connectivity index (χ0v) is 26.4. The van der Waals surface area contributed by atoms with E-state index in [1.807, 2.05) is 36.4 Å². The van der Waals surface area contributed by atoms with E-state index in [1.165, 1.54) is 25.7 Å². The van der Waals surface area contributed by atoms with Gasteiger partial charge in [-0.2, -0.15) is 0 Å². The van der Waals surface area contributed by atoms with Gasteiger partial charge in [-0.3, -0.25) is 0 Å². The van der Waals surface area contributed by atoms with Crippen LogP contribution in [-0.4, -0.2) is 34.3 Å². The van der Waals surface area contributed by atoms with Crippen molar-refractivity contribution in [1.29, 1.82) is 0 Å². The highest BCUT2D eigenvalue weighted by Crippen LogP contribution is 2.46. The van der Waals surface area contributed by atoms with Crippen LogP contribution >= 0.6 is 0 Å². The predicted molar refractivity (Wildman–Crippen MR) is 164 cm³/mol. The summed E-state index contributed by atoms with van der Waals surface area (Å²) >= 11 is 0. The number of methoxy groups -OCH3 is 2. The number of rotatable bonds is 12. The summed E-state index contributed by atoms with van der Waals surface area (Å²) in [5, 5.41) is 12.4. The van der Waals surface area contributed by atoms with Gasteiger partial charge in [-0.1, -0.05) is 76.5 Å². The SMILES string of the molecule is COc1cccc(C2CCc3cc(OC)ccc3C2(O)C#CCCCCCCCCO[Si](C)(C)C(C)(C)C)c1. The molecule has 1 aliphatic carbocycles. The highest BCUT2D eigenvalue weighted by molar-refractivity contribution is 6.74. The first-order chi connectivity index (χ1) is 18.5. The van der Waals surface area contributed by atoms with Gasteiger partial charge in [0.15, 0.2) is 13.9 Å². The van der Waals surface area contributed by atoms with Gasteiger partial charge in [0, 0.05) is 18.9 Å². The van der Waals surface area contributed by atoms with Crippen molar-refractivity contribution < 1.29 is 19.0 Å². The monoisotopic (exact) mass is 550 g/mol. The lowest BCUT2D eigenvalue weighted by atomic mass is 9.69. The van der Waals surface area contributed by atoms with Gasteiger partial charge in [-0.05, 0) is 84.8 Å². The minimum atomic E-state index is -1.62. The van der Waals surface area contributed by atoms with Crippen LogP contribution in [0.5, 0.6) is 11.5 Å². The molecule has 0 aromatic heterocycles. The molecule has 2 aromatic carbocycles. The van der Waals surface area contributed by atoms with Crippen LogP contribution in [0.2, 0.25) is 18.1 Å². The van der Waals surface area contributed by atoms with E-state index in [1.54, 1.807) is 14.2 Å². The van der Waals surface area contributed by atoms with Crippen LogP contribution in [0.15, 0.2) is 42.5 Å². The van der Waals surface area contributed by atoms with Gasteiger partial charge in [-0.25, -0.2) is 0 Å². The summed E-state index contributed by atoms with van der Waals surface area (Å²) < 4.78 is 17.2. The Bertz CT molecular complexity index is 1120. The molecule has 0 fully saturated rings. The Balaban J connectivity index is 1.56. The molecule has 0 heterocycles. The van der Waals surface area contributed by atoms with Crippen LogP contribution in [0.3, 0.4) is 0 Å². The van der Waals surface area contributed by atoms with Crippen LogP contribution in [0, 0.1) is 11.8 Å². The van der Waals surface area contributed by atoms with Crippen LogP contribution in [0.1, 0.15) is 94.7 Å². The standard InChI is InChI=1S/C34H50O4Si/c1-33(2,3)39(6,7)38-24-15-13-11-9-8-10-12-14-23-34(35)31(27-17-16-18-29(25-27)36-4)21-19-28-26-30(37-5)20-22-32(28)34/h16-18,20,22,25-26,31,35H,8-13,15,19,21,24H2,1-7H3. The third-order valence-electron chi connectivity index (χ3n) is 8.67. The topological polar surface area (TPSA) is 47.9 Å². The Morgan fingerprint density at radius 1 is 0.923 bits per heavy atom. The molecular weight excluding hydrogens is 500 g/mol. The van der Waals surface area contributed by atoms with Crippen LogP contribution in [0.25, 0.3) is 0 Å². The number of ether oxygens (including phenoxy) is 2. The highest BCUT2D eigenvalue weighted by atomic mass is 28.4. The van der Waals surface area contributed by atoms with E-state index >= 15 is 0 Å². The fourth-order valence-electron chi connectivity index (χ4n) is 5.16. The molecule has 214 valence electrons. The maximum absolute atomic E-state index is 12.1.